The highest BCUT2D eigenvalue weighted by Gasteiger charge is 2.17. The Kier molecular flexibility index (Phi) is 3.32. The standard InChI is InChI=1S/C16H18N2O2/c1-11-8-14(17-20-11)10-18(3)12(2)16-9-13-6-4-5-7-15(13)19-16/h4-9,12H,10H2,1-3H3. The molecule has 0 aliphatic heterocycles. The smallest absolute Gasteiger partial charge is 0.134 e. The van der Waals surface area contributed by atoms with Gasteiger partial charge in [-0.15, -0.1) is 0 Å². The fourth-order valence-electron chi connectivity index (χ4n) is 2.31. The van der Waals surface area contributed by atoms with Gasteiger partial charge in [-0.1, -0.05) is 23.4 Å². The van der Waals surface area contributed by atoms with Crippen molar-refractivity contribution < 1.29 is 8.94 Å². The molecule has 0 saturated carbocycles. The van der Waals surface area contributed by atoms with Gasteiger partial charge in [0.2, 0.25) is 0 Å². The van der Waals surface area contributed by atoms with Crippen LogP contribution in [-0.2, 0) is 6.54 Å². The molecule has 0 spiro atoms. The molecule has 0 N–H and O–H groups in total. The fourth-order valence-corrected chi connectivity index (χ4v) is 2.31. The number of benzene rings is 1. The SMILES string of the molecule is Cc1cc(CN(C)C(C)c2cc3ccccc3o2)no1. The van der Waals surface area contributed by atoms with Crippen LogP contribution in [0.2, 0.25) is 0 Å². The van der Waals surface area contributed by atoms with Crippen molar-refractivity contribution >= 4 is 11.0 Å². The molecule has 0 radical (unpaired) electrons. The second-order valence-electron chi connectivity index (χ2n) is 5.21. The van der Waals surface area contributed by atoms with Crippen LogP contribution in [0.25, 0.3) is 11.0 Å². The van der Waals surface area contributed by atoms with Gasteiger partial charge in [-0.05, 0) is 33.0 Å². The first-order valence-corrected chi connectivity index (χ1v) is 6.74. The highest BCUT2D eigenvalue weighted by Crippen LogP contribution is 2.27. The van der Waals surface area contributed by atoms with E-state index in [-0.39, 0.29) is 6.04 Å². The zero-order valence-electron chi connectivity index (χ0n) is 12.0. The zero-order valence-corrected chi connectivity index (χ0v) is 12.0. The van der Waals surface area contributed by atoms with E-state index in [1.807, 2.05) is 31.2 Å². The van der Waals surface area contributed by atoms with Crippen molar-refractivity contribution in [1.82, 2.24) is 10.1 Å². The molecule has 104 valence electrons. The molecule has 3 aromatic rings. The van der Waals surface area contributed by atoms with Gasteiger partial charge in [0.25, 0.3) is 0 Å². The largest absolute Gasteiger partial charge is 0.459 e. The number of rotatable bonds is 4. The predicted molar refractivity (Wildman–Crippen MR) is 77.3 cm³/mol. The first kappa shape index (κ1) is 12.9. The first-order valence-electron chi connectivity index (χ1n) is 6.74. The van der Waals surface area contributed by atoms with Gasteiger partial charge in [-0.25, -0.2) is 0 Å². The number of hydrogen-bond donors (Lipinski definition) is 0. The van der Waals surface area contributed by atoms with Crippen LogP contribution in [0.4, 0.5) is 0 Å². The van der Waals surface area contributed by atoms with Crippen molar-refractivity contribution in [3.63, 3.8) is 0 Å². The number of nitrogens with zero attached hydrogens (tertiary/aromatic N) is 2. The molecule has 0 aliphatic carbocycles. The second kappa shape index (κ2) is 5.13. The Hall–Kier alpha value is -2.07. The quantitative estimate of drug-likeness (QED) is 0.720. The second-order valence-corrected chi connectivity index (χ2v) is 5.21. The lowest BCUT2D eigenvalue weighted by Gasteiger charge is -2.21. The Morgan fingerprint density at radius 2 is 2.05 bits per heavy atom. The zero-order chi connectivity index (χ0) is 14.1. The van der Waals surface area contributed by atoms with Crippen molar-refractivity contribution in [2.24, 2.45) is 0 Å². The van der Waals surface area contributed by atoms with Gasteiger partial charge < -0.3 is 8.94 Å². The van der Waals surface area contributed by atoms with Gasteiger partial charge in [-0.2, -0.15) is 0 Å². The Labute approximate surface area is 118 Å². The lowest BCUT2D eigenvalue weighted by Crippen LogP contribution is -2.21. The monoisotopic (exact) mass is 270 g/mol. The Morgan fingerprint density at radius 1 is 1.25 bits per heavy atom. The van der Waals surface area contributed by atoms with Crippen molar-refractivity contribution in [1.29, 1.82) is 0 Å². The summed E-state index contributed by atoms with van der Waals surface area (Å²) in [7, 11) is 2.06. The number of aryl methyl sites for hydroxylation is 1. The van der Waals surface area contributed by atoms with Crippen molar-refractivity contribution in [2.75, 3.05) is 7.05 Å². The van der Waals surface area contributed by atoms with E-state index in [1.165, 1.54) is 0 Å². The summed E-state index contributed by atoms with van der Waals surface area (Å²) in [6.07, 6.45) is 0. The van der Waals surface area contributed by atoms with Crippen LogP contribution in [0, 0.1) is 6.92 Å². The molecule has 3 rings (SSSR count). The van der Waals surface area contributed by atoms with E-state index >= 15 is 0 Å². The minimum atomic E-state index is 0.180. The number of fused-ring (bicyclic) bond motifs is 1. The van der Waals surface area contributed by atoms with Crippen LogP contribution in [0.1, 0.15) is 30.2 Å². The maximum atomic E-state index is 5.91. The van der Waals surface area contributed by atoms with Crippen LogP contribution in [-0.4, -0.2) is 17.1 Å². The summed E-state index contributed by atoms with van der Waals surface area (Å²) in [6.45, 7) is 4.76. The van der Waals surface area contributed by atoms with Crippen LogP contribution < -0.4 is 0 Å². The van der Waals surface area contributed by atoms with Crippen molar-refractivity contribution in [3.05, 3.63) is 53.6 Å². The Morgan fingerprint density at radius 3 is 2.75 bits per heavy atom. The molecule has 20 heavy (non-hydrogen) atoms. The molecule has 4 heteroatoms. The van der Waals surface area contributed by atoms with E-state index in [0.29, 0.717) is 0 Å². The van der Waals surface area contributed by atoms with Crippen molar-refractivity contribution in [2.45, 2.75) is 26.4 Å². The van der Waals surface area contributed by atoms with Gasteiger partial charge >= 0.3 is 0 Å². The van der Waals surface area contributed by atoms with E-state index < -0.39 is 0 Å². The highest BCUT2D eigenvalue weighted by atomic mass is 16.5. The fraction of sp³-hybridized carbons (Fsp3) is 0.312. The van der Waals surface area contributed by atoms with E-state index in [0.717, 1.165) is 34.7 Å². The maximum absolute atomic E-state index is 5.91. The Bertz CT molecular complexity index is 681. The lowest BCUT2D eigenvalue weighted by atomic mass is 10.2. The molecule has 0 aliphatic rings. The van der Waals surface area contributed by atoms with Gasteiger partial charge in [0, 0.05) is 18.0 Å². The average Bonchev–Trinajstić information content (AvgIpc) is 3.03. The van der Waals surface area contributed by atoms with Crippen LogP contribution in [0.15, 0.2) is 45.3 Å². The highest BCUT2D eigenvalue weighted by molar-refractivity contribution is 5.77. The number of aromatic nitrogens is 1. The van der Waals surface area contributed by atoms with E-state index in [9.17, 15) is 0 Å². The summed E-state index contributed by atoms with van der Waals surface area (Å²) >= 11 is 0. The predicted octanol–water partition coefficient (Wildman–Crippen LogP) is 3.92. The number of para-hydroxylation sites is 1. The van der Waals surface area contributed by atoms with Gasteiger partial charge in [0.15, 0.2) is 0 Å². The minimum Gasteiger partial charge on any atom is -0.459 e. The number of hydrogen-bond acceptors (Lipinski definition) is 4. The Balaban J connectivity index is 1.78. The summed E-state index contributed by atoms with van der Waals surface area (Å²) < 4.78 is 11.0. The third-order valence-electron chi connectivity index (χ3n) is 3.61. The van der Waals surface area contributed by atoms with Crippen LogP contribution in [0.3, 0.4) is 0 Å². The first-order chi connectivity index (χ1) is 9.63. The summed E-state index contributed by atoms with van der Waals surface area (Å²) in [5.74, 6) is 1.80. The van der Waals surface area contributed by atoms with E-state index in [4.69, 9.17) is 8.94 Å². The minimum absolute atomic E-state index is 0.180. The molecule has 0 bridgehead atoms. The summed E-state index contributed by atoms with van der Waals surface area (Å²) in [6, 6.07) is 12.3. The molecule has 0 fully saturated rings. The lowest BCUT2D eigenvalue weighted by molar-refractivity contribution is 0.220. The molecule has 1 unspecified atom stereocenters. The topological polar surface area (TPSA) is 42.4 Å². The van der Waals surface area contributed by atoms with Gasteiger partial charge in [0.1, 0.15) is 17.1 Å². The van der Waals surface area contributed by atoms with E-state index in [1.54, 1.807) is 0 Å². The summed E-state index contributed by atoms with van der Waals surface area (Å²) in [5, 5.41) is 5.17. The van der Waals surface area contributed by atoms with E-state index in [2.05, 4.69) is 36.2 Å². The van der Waals surface area contributed by atoms with Crippen molar-refractivity contribution in [3.8, 4) is 0 Å². The molecule has 0 saturated heterocycles. The van der Waals surface area contributed by atoms with Crippen LogP contribution in [0.5, 0.6) is 0 Å². The van der Waals surface area contributed by atoms with Gasteiger partial charge in [0.05, 0.1) is 11.7 Å². The molecule has 4 nitrogen and oxygen atoms in total. The maximum Gasteiger partial charge on any atom is 0.134 e. The van der Waals surface area contributed by atoms with Crippen LogP contribution >= 0.6 is 0 Å². The third kappa shape index (κ3) is 2.47. The average molecular weight is 270 g/mol. The molecule has 1 aromatic carbocycles. The molecule has 2 aromatic heterocycles. The third-order valence-corrected chi connectivity index (χ3v) is 3.61. The molecular formula is C16H18N2O2. The molecular weight excluding hydrogens is 252 g/mol. The summed E-state index contributed by atoms with van der Waals surface area (Å²) in [4.78, 5) is 2.19. The number of furan rings is 1. The molecule has 1 atom stereocenters. The van der Waals surface area contributed by atoms with Gasteiger partial charge in [-0.3, -0.25) is 4.90 Å². The summed E-state index contributed by atoms with van der Waals surface area (Å²) in [5.41, 5.74) is 1.87. The normalized spacial score (nSPS) is 13.2. The molecule has 0 amide bonds. The molecule has 2 heterocycles.